The highest BCUT2D eigenvalue weighted by molar-refractivity contribution is 7.99. The van der Waals surface area contributed by atoms with Gasteiger partial charge in [-0.1, -0.05) is 47.6 Å². The van der Waals surface area contributed by atoms with Crippen LogP contribution in [0.4, 0.5) is 0 Å². The van der Waals surface area contributed by atoms with E-state index in [2.05, 4.69) is 20.7 Å². The highest BCUT2D eigenvalue weighted by atomic mass is 35.5. The fourth-order valence-corrected chi connectivity index (χ4v) is 3.97. The number of ether oxygens (including phenoxy) is 1. The van der Waals surface area contributed by atoms with Crippen molar-refractivity contribution >= 4 is 35.5 Å². The summed E-state index contributed by atoms with van der Waals surface area (Å²) in [5.74, 6) is 0.634. The molecule has 0 aliphatic heterocycles. The van der Waals surface area contributed by atoms with Gasteiger partial charge in [-0.25, -0.2) is 5.43 Å². The van der Waals surface area contributed by atoms with Crippen molar-refractivity contribution in [1.29, 1.82) is 0 Å². The number of phenolic OH excluding ortho intramolecular Hbond substituents is 1. The number of carbonyl (C=O) groups is 1. The highest BCUT2D eigenvalue weighted by Gasteiger charge is 2.17. The number of thioether (sulfide) groups is 1. The van der Waals surface area contributed by atoms with Crippen LogP contribution in [-0.2, 0) is 4.79 Å². The Morgan fingerprint density at radius 3 is 2.62 bits per heavy atom. The summed E-state index contributed by atoms with van der Waals surface area (Å²) in [6, 6.07) is 22.0. The molecular formula is C24H20ClN5O3S. The highest BCUT2D eigenvalue weighted by Crippen LogP contribution is 2.29. The van der Waals surface area contributed by atoms with E-state index in [-0.39, 0.29) is 17.4 Å². The summed E-state index contributed by atoms with van der Waals surface area (Å²) < 4.78 is 6.95. The van der Waals surface area contributed by atoms with Crippen LogP contribution in [0, 0.1) is 0 Å². The molecule has 0 fully saturated rings. The molecule has 3 aromatic carbocycles. The minimum atomic E-state index is -0.334. The number of rotatable bonds is 8. The normalized spacial score (nSPS) is 11.0. The monoisotopic (exact) mass is 493 g/mol. The zero-order valence-electron chi connectivity index (χ0n) is 18.1. The van der Waals surface area contributed by atoms with Gasteiger partial charge in [-0.05, 0) is 48.5 Å². The van der Waals surface area contributed by atoms with Crippen LogP contribution in [0.1, 0.15) is 5.56 Å². The molecule has 0 spiro atoms. The van der Waals surface area contributed by atoms with Gasteiger partial charge in [-0.3, -0.25) is 9.36 Å². The van der Waals surface area contributed by atoms with Crippen molar-refractivity contribution in [3.8, 4) is 28.6 Å². The summed E-state index contributed by atoms with van der Waals surface area (Å²) in [5.41, 5.74) is 4.59. The number of methoxy groups -OCH3 is 1. The second-order valence-electron chi connectivity index (χ2n) is 6.96. The van der Waals surface area contributed by atoms with Crippen LogP contribution in [-0.4, -0.2) is 44.9 Å². The number of nitrogens with zero attached hydrogens (tertiary/aromatic N) is 4. The van der Waals surface area contributed by atoms with Crippen LogP contribution in [0.5, 0.6) is 11.5 Å². The summed E-state index contributed by atoms with van der Waals surface area (Å²) in [7, 11) is 1.46. The van der Waals surface area contributed by atoms with E-state index >= 15 is 0 Å². The number of hydrogen-bond donors (Lipinski definition) is 2. The maximum atomic E-state index is 12.4. The molecular weight excluding hydrogens is 474 g/mol. The Balaban J connectivity index is 1.48. The van der Waals surface area contributed by atoms with Crippen molar-refractivity contribution in [3.05, 3.63) is 83.4 Å². The first-order valence-corrected chi connectivity index (χ1v) is 11.5. The van der Waals surface area contributed by atoms with Gasteiger partial charge in [0.1, 0.15) is 0 Å². The average Bonchev–Trinajstić information content (AvgIpc) is 3.29. The van der Waals surface area contributed by atoms with Gasteiger partial charge in [0, 0.05) is 21.8 Å². The van der Waals surface area contributed by atoms with Crippen molar-refractivity contribution in [3.63, 3.8) is 0 Å². The second kappa shape index (κ2) is 10.9. The zero-order chi connectivity index (χ0) is 23.9. The van der Waals surface area contributed by atoms with Crippen LogP contribution in [0.3, 0.4) is 0 Å². The first kappa shape index (κ1) is 23.3. The van der Waals surface area contributed by atoms with E-state index in [4.69, 9.17) is 16.3 Å². The number of phenols is 1. The lowest BCUT2D eigenvalue weighted by molar-refractivity contribution is -0.118. The summed E-state index contributed by atoms with van der Waals surface area (Å²) in [6.45, 7) is 0. The van der Waals surface area contributed by atoms with Crippen LogP contribution in [0.15, 0.2) is 83.1 Å². The van der Waals surface area contributed by atoms with Crippen LogP contribution < -0.4 is 10.2 Å². The molecule has 0 aliphatic carbocycles. The maximum Gasteiger partial charge on any atom is 0.250 e. The lowest BCUT2D eigenvalue weighted by Gasteiger charge is -2.10. The predicted octanol–water partition coefficient (Wildman–Crippen LogP) is 4.54. The molecule has 4 aromatic rings. The van der Waals surface area contributed by atoms with Gasteiger partial charge < -0.3 is 9.84 Å². The number of carbonyl (C=O) groups excluding carboxylic acids is 1. The van der Waals surface area contributed by atoms with Gasteiger partial charge in [0.2, 0.25) is 0 Å². The molecule has 4 rings (SSSR count). The van der Waals surface area contributed by atoms with E-state index in [9.17, 15) is 9.90 Å². The van der Waals surface area contributed by atoms with E-state index in [1.807, 2.05) is 47.0 Å². The Morgan fingerprint density at radius 2 is 1.88 bits per heavy atom. The SMILES string of the molecule is COc1cccc(/C=N\NC(=O)CSc2nnc(-c3ccc(Cl)cc3)n2-c2ccccc2)c1O. The molecule has 0 aliphatic rings. The van der Waals surface area contributed by atoms with E-state index < -0.39 is 0 Å². The topological polar surface area (TPSA) is 102 Å². The minimum Gasteiger partial charge on any atom is -0.504 e. The standard InChI is InChI=1S/C24H20ClN5O3S/c1-33-20-9-5-6-17(22(20)32)14-26-27-21(31)15-34-24-29-28-23(16-10-12-18(25)13-11-16)30(24)19-7-3-2-4-8-19/h2-14,32H,15H2,1H3,(H,27,31)/b26-14-. The molecule has 1 heterocycles. The largest absolute Gasteiger partial charge is 0.504 e. The van der Waals surface area contributed by atoms with Crippen molar-refractivity contribution in [2.24, 2.45) is 5.10 Å². The van der Waals surface area contributed by atoms with E-state index in [0.717, 1.165) is 11.3 Å². The third-order valence-corrected chi connectivity index (χ3v) is 5.91. The Hall–Kier alpha value is -3.82. The first-order chi connectivity index (χ1) is 16.6. The number of hydrogen-bond acceptors (Lipinski definition) is 7. The van der Waals surface area contributed by atoms with E-state index in [1.54, 1.807) is 30.3 Å². The first-order valence-electron chi connectivity index (χ1n) is 10.1. The Kier molecular flexibility index (Phi) is 7.46. The molecule has 0 saturated carbocycles. The zero-order valence-corrected chi connectivity index (χ0v) is 19.6. The van der Waals surface area contributed by atoms with E-state index in [0.29, 0.717) is 27.3 Å². The second-order valence-corrected chi connectivity index (χ2v) is 8.34. The Bertz CT molecular complexity index is 1310. The lowest BCUT2D eigenvalue weighted by atomic mass is 10.2. The molecule has 0 radical (unpaired) electrons. The molecule has 0 unspecified atom stereocenters. The number of para-hydroxylation sites is 2. The van der Waals surface area contributed by atoms with Crippen molar-refractivity contribution in [1.82, 2.24) is 20.2 Å². The third-order valence-electron chi connectivity index (χ3n) is 4.73. The number of nitrogens with one attached hydrogen (secondary N) is 1. The van der Waals surface area contributed by atoms with Crippen molar-refractivity contribution < 1.29 is 14.6 Å². The number of aromatic hydroxyl groups is 1. The summed E-state index contributed by atoms with van der Waals surface area (Å²) in [4.78, 5) is 12.4. The number of aromatic nitrogens is 3. The van der Waals surface area contributed by atoms with Gasteiger partial charge in [0.25, 0.3) is 5.91 Å². The van der Waals surface area contributed by atoms with Gasteiger partial charge in [-0.15, -0.1) is 10.2 Å². The van der Waals surface area contributed by atoms with Gasteiger partial charge in [0.15, 0.2) is 22.5 Å². The molecule has 1 aromatic heterocycles. The van der Waals surface area contributed by atoms with Crippen LogP contribution in [0.2, 0.25) is 5.02 Å². The molecule has 34 heavy (non-hydrogen) atoms. The fraction of sp³-hybridized carbons (Fsp3) is 0.0833. The molecule has 2 N–H and O–H groups in total. The van der Waals surface area contributed by atoms with Crippen molar-refractivity contribution in [2.45, 2.75) is 5.16 Å². The molecule has 10 heteroatoms. The quantitative estimate of drug-likeness (QED) is 0.212. The van der Waals surface area contributed by atoms with Crippen molar-refractivity contribution in [2.75, 3.05) is 12.9 Å². The van der Waals surface area contributed by atoms with Gasteiger partial charge >= 0.3 is 0 Å². The summed E-state index contributed by atoms with van der Waals surface area (Å²) in [6.07, 6.45) is 1.35. The smallest absolute Gasteiger partial charge is 0.250 e. The fourth-order valence-electron chi connectivity index (χ4n) is 3.10. The van der Waals surface area contributed by atoms with Gasteiger partial charge in [0.05, 0.1) is 19.1 Å². The summed E-state index contributed by atoms with van der Waals surface area (Å²) >= 11 is 7.26. The molecule has 172 valence electrons. The summed E-state index contributed by atoms with van der Waals surface area (Å²) in [5, 5.41) is 23.9. The number of halogens is 1. The lowest BCUT2D eigenvalue weighted by Crippen LogP contribution is -2.20. The Morgan fingerprint density at radius 1 is 1.12 bits per heavy atom. The van der Waals surface area contributed by atoms with Crippen LogP contribution in [0.25, 0.3) is 17.1 Å². The minimum absolute atomic E-state index is 0.0527. The third kappa shape index (κ3) is 5.38. The number of hydrazone groups is 1. The van der Waals surface area contributed by atoms with E-state index in [1.165, 1.54) is 25.1 Å². The van der Waals surface area contributed by atoms with Crippen LogP contribution >= 0.6 is 23.4 Å². The maximum absolute atomic E-state index is 12.4. The molecule has 0 saturated heterocycles. The molecule has 1 amide bonds. The number of benzene rings is 3. The molecule has 0 atom stereocenters. The van der Waals surface area contributed by atoms with Gasteiger partial charge in [-0.2, -0.15) is 5.10 Å². The molecule has 8 nitrogen and oxygen atoms in total. The number of amides is 1. The predicted molar refractivity (Wildman–Crippen MR) is 133 cm³/mol. The average molecular weight is 494 g/mol. The molecule has 0 bridgehead atoms. The Labute approximate surface area is 205 Å².